The van der Waals surface area contributed by atoms with E-state index < -0.39 is 22.0 Å². The van der Waals surface area contributed by atoms with Gasteiger partial charge in [0, 0.05) is 12.5 Å². The quantitative estimate of drug-likeness (QED) is 0.146. The number of sulfonamides is 1. The summed E-state index contributed by atoms with van der Waals surface area (Å²) in [5.41, 5.74) is 3.02. The van der Waals surface area contributed by atoms with Gasteiger partial charge in [-0.1, -0.05) is 53.2 Å². The number of nitrogens with zero attached hydrogens (tertiary/aromatic N) is 2. The Morgan fingerprint density at radius 3 is 2.44 bits per heavy atom. The summed E-state index contributed by atoms with van der Waals surface area (Å²) in [6, 6.07) is 17.9. The van der Waals surface area contributed by atoms with Crippen LogP contribution >= 0.6 is 11.6 Å². The fraction of sp³-hybridized carbons (Fsp3) is 0.310. The van der Waals surface area contributed by atoms with E-state index in [4.69, 9.17) is 25.9 Å². The largest absolute Gasteiger partial charge is 0.493 e. The molecule has 3 aromatic carbocycles. The molecule has 1 unspecified atom stereocenters. The van der Waals surface area contributed by atoms with Crippen LogP contribution in [0, 0.1) is 6.92 Å². The second kappa shape index (κ2) is 14.0. The summed E-state index contributed by atoms with van der Waals surface area (Å²) in [5.74, 6) is -0.201. The first-order valence-electron chi connectivity index (χ1n) is 12.6. The maximum atomic E-state index is 13.8. The Morgan fingerprint density at radius 1 is 1.05 bits per heavy atom. The molecular formula is C29H33ClN2O6S. The van der Waals surface area contributed by atoms with E-state index in [1.165, 1.54) is 19.1 Å². The molecule has 0 aliphatic rings. The van der Waals surface area contributed by atoms with E-state index in [0.29, 0.717) is 25.4 Å². The molecule has 0 saturated heterocycles. The van der Waals surface area contributed by atoms with Gasteiger partial charge in [0.05, 0.1) is 30.1 Å². The Balaban J connectivity index is 1.85. The minimum atomic E-state index is -4.23. The van der Waals surface area contributed by atoms with Crippen molar-refractivity contribution in [2.75, 3.05) is 24.1 Å². The molecule has 1 atom stereocenters. The Labute approximate surface area is 235 Å². The SMILES string of the molecule is CCON=Cc1ccc(CCOc2cc(C)cc(N(C(C)C(=O)OCC)S(=O)(=O)c3ccccc3Cl)c2)cc1. The van der Waals surface area contributed by atoms with Crippen molar-refractivity contribution in [3.05, 3.63) is 88.4 Å². The van der Waals surface area contributed by atoms with Gasteiger partial charge in [0.2, 0.25) is 0 Å². The van der Waals surface area contributed by atoms with Crippen LogP contribution in [0.5, 0.6) is 5.75 Å². The summed E-state index contributed by atoms with van der Waals surface area (Å²) in [5, 5.41) is 3.92. The average Bonchev–Trinajstić information content (AvgIpc) is 2.89. The molecule has 3 aromatic rings. The predicted molar refractivity (Wildman–Crippen MR) is 153 cm³/mol. The highest BCUT2D eigenvalue weighted by Gasteiger charge is 2.35. The number of carbonyl (C=O) groups excluding carboxylic acids is 1. The van der Waals surface area contributed by atoms with Crippen molar-refractivity contribution in [3.8, 4) is 5.75 Å². The number of halogens is 1. The van der Waals surface area contributed by atoms with Crippen molar-refractivity contribution in [3.63, 3.8) is 0 Å². The maximum absolute atomic E-state index is 13.8. The number of anilines is 1. The first kappa shape index (κ1) is 30.0. The number of benzene rings is 3. The van der Waals surface area contributed by atoms with Crippen molar-refractivity contribution in [2.45, 2.75) is 45.1 Å². The number of rotatable bonds is 13. The number of hydrogen-bond acceptors (Lipinski definition) is 7. The standard InChI is InChI=1S/C29H33ClN2O6S/c1-5-36-29(33)22(4)32(39(34,35)28-10-8-7-9-27(28)30)25-17-21(3)18-26(19-25)37-16-15-23-11-13-24(14-12-23)20-31-38-6-2/h7-14,17-20,22H,5-6,15-16H2,1-4H3. The van der Waals surface area contributed by atoms with E-state index >= 15 is 0 Å². The highest BCUT2D eigenvalue weighted by atomic mass is 35.5. The molecule has 0 aliphatic heterocycles. The third-order valence-corrected chi connectivity index (χ3v) is 8.09. The molecule has 0 spiro atoms. The topological polar surface area (TPSA) is 94.5 Å². The minimum absolute atomic E-state index is 0.0536. The highest BCUT2D eigenvalue weighted by Crippen LogP contribution is 2.33. The molecule has 0 saturated carbocycles. The number of aryl methyl sites for hydroxylation is 1. The molecule has 0 heterocycles. The zero-order chi connectivity index (χ0) is 28.4. The Morgan fingerprint density at radius 2 is 1.77 bits per heavy atom. The van der Waals surface area contributed by atoms with Crippen LogP contribution in [-0.2, 0) is 30.8 Å². The summed E-state index contributed by atoms with van der Waals surface area (Å²) in [4.78, 5) is 17.6. The average molecular weight is 573 g/mol. The van der Waals surface area contributed by atoms with Gasteiger partial charge in [-0.25, -0.2) is 13.2 Å². The van der Waals surface area contributed by atoms with Crippen LogP contribution in [0.3, 0.4) is 0 Å². The van der Waals surface area contributed by atoms with Crippen molar-refractivity contribution >= 4 is 39.5 Å². The molecule has 10 heteroatoms. The molecular weight excluding hydrogens is 540 g/mol. The van der Waals surface area contributed by atoms with Crippen LogP contribution in [0.15, 0.2) is 76.8 Å². The van der Waals surface area contributed by atoms with Crippen molar-refractivity contribution in [2.24, 2.45) is 5.16 Å². The highest BCUT2D eigenvalue weighted by molar-refractivity contribution is 7.93. The lowest BCUT2D eigenvalue weighted by Gasteiger charge is -2.30. The van der Waals surface area contributed by atoms with E-state index in [0.717, 1.165) is 21.0 Å². The first-order chi connectivity index (χ1) is 18.7. The number of carbonyl (C=O) groups is 1. The lowest BCUT2D eigenvalue weighted by atomic mass is 10.1. The molecule has 0 radical (unpaired) electrons. The number of esters is 1. The lowest BCUT2D eigenvalue weighted by Crippen LogP contribution is -2.44. The van der Waals surface area contributed by atoms with E-state index in [-0.39, 0.29) is 22.2 Å². The Bertz CT molecular complexity index is 1390. The zero-order valence-electron chi connectivity index (χ0n) is 22.5. The van der Waals surface area contributed by atoms with Crippen LogP contribution in [0.25, 0.3) is 0 Å². The van der Waals surface area contributed by atoms with Crippen molar-refractivity contribution in [1.29, 1.82) is 0 Å². The van der Waals surface area contributed by atoms with Gasteiger partial charge in [-0.2, -0.15) is 0 Å². The molecule has 3 rings (SSSR count). The van der Waals surface area contributed by atoms with Gasteiger partial charge in [0.15, 0.2) is 0 Å². The number of ether oxygens (including phenoxy) is 2. The molecule has 0 fully saturated rings. The summed E-state index contributed by atoms with van der Waals surface area (Å²) in [6.07, 6.45) is 2.28. The second-order valence-electron chi connectivity index (χ2n) is 8.66. The molecule has 0 bridgehead atoms. The molecule has 0 N–H and O–H groups in total. The van der Waals surface area contributed by atoms with Crippen LogP contribution in [0.1, 0.15) is 37.5 Å². The molecule has 0 aliphatic carbocycles. The van der Waals surface area contributed by atoms with Gasteiger partial charge < -0.3 is 14.3 Å². The van der Waals surface area contributed by atoms with E-state index in [9.17, 15) is 13.2 Å². The molecule has 0 aromatic heterocycles. The Kier molecular flexibility index (Phi) is 10.8. The molecule has 8 nitrogen and oxygen atoms in total. The number of oxime groups is 1. The molecule has 208 valence electrons. The van der Waals surface area contributed by atoms with Crippen molar-refractivity contribution < 1.29 is 27.5 Å². The fourth-order valence-corrected chi connectivity index (χ4v) is 5.95. The second-order valence-corrected chi connectivity index (χ2v) is 10.8. The van der Waals surface area contributed by atoms with Gasteiger partial charge in [-0.3, -0.25) is 4.31 Å². The lowest BCUT2D eigenvalue weighted by molar-refractivity contribution is -0.144. The van der Waals surface area contributed by atoms with Gasteiger partial charge in [-0.15, -0.1) is 0 Å². The normalized spacial score (nSPS) is 12.2. The third-order valence-electron chi connectivity index (χ3n) is 5.69. The zero-order valence-corrected chi connectivity index (χ0v) is 24.0. The van der Waals surface area contributed by atoms with Gasteiger partial charge >= 0.3 is 5.97 Å². The summed E-state index contributed by atoms with van der Waals surface area (Å²) in [7, 11) is -4.23. The van der Waals surface area contributed by atoms with E-state index in [2.05, 4.69) is 5.16 Å². The van der Waals surface area contributed by atoms with Gasteiger partial charge in [0.25, 0.3) is 10.0 Å². The van der Waals surface area contributed by atoms with E-state index in [1.807, 2.05) is 44.2 Å². The van der Waals surface area contributed by atoms with Crippen LogP contribution < -0.4 is 9.04 Å². The summed E-state index contributed by atoms with van der Waals surface area (Å²) in [6.45, 7) is 7.84. The van der Waals surface area contributed by atoms with Crippen LogP contribution in [0.2, 0.25) is 5.02 Å². The van der Waals surface area contributed by atoms with Crippen molar-refractivity contribution in [1.82, 2.24) is 0 Å². The van der Waals surface area contributed by atoms with Gasteiger partial charge in [-0.05, 0) is 68.7 Å². The minimum Gasteiger partial charge on any atom is -0.493 e. The van der Waals surface area contributed by atoms with Crippen LogP contribution in [0.4, 0.5) is 5.69 Å². The first-order valence-corrected chi connectivity index (χ1v) is 14.4. The monoisotopic (exact) mass is 572 g/mol. The fourth-order valence-electron chi connectivity index (χ4n) is 3.86. The Hall–Kier alpha value is -3.56. The maximum Gasteiger partial charge on any atom is 0.329 e. The molecule has 0 amide bonds. The molecule has 39 heavy (non-hydrogen) atoms. The summed E-state index contributed by atoms with van der Waals surface area (Å²) >= 11 is 6.26. The summed E-state index contributed by atoms with van der Waals surface area (Å²) < 4.78 is 39.8. The van der Waals surface area contributed by atoms with Gasteiger partial charge in [0.1, 0.15) is 23.3 Å². The third kappa shape index (κ3) is 7.97. The predicted octanol–water partition coefficient (Wildman–Crippen LogP) is 5.79. The van der Waals surface area contributed by atoms with Crippen LogP contribution in [-0.4, -0.2) is 46.5 Å². The number of hydrogen-bond donors (Lipinski definition) is 0. The van der Waals surface area contributed by atoms with E-state index in [1.54, 1.807) is 37.4 Å². The smallest absolute Gasteiger partial charge is 0.329 e.